The van der Waals surface area contributed by atoms with Gasteiger partial charge in [0.2, 0.25) is 0 Å². The molecule has 0 radical (unpaired) electrons. The molecular weight excluding hydrogens is 324 g/mol. The molecule has 1 aliphatic heterocycles. The Morgan fingerprint density at radius 2 is 2.27 bits per heavy atom. The lowest BCUT2D eigenvalue weighted by atomic mass is 9.90. The van der Waals surface area contributed by atoms with Crippen molar-refractivity contribution in [2.45, 2.75) is 44.4 Å². The zero-order valence-electron chi connectivity index (χ0n) is 13.1. The molecule has 0 saturated carbocycles. The first-order chi connectivity index (χ1) is 9.86. The Morgan fingerprint density at radius 1 is 1.59 bits per heavy atom. The van der Waals surface area contributed by atoms with Crippen LogP contribution < -0.4 is 16.6 Å². The van der Waals surface area contributed by atoms with E-state index in [1.54, 1.807) is 4.57 Å². The SMILES string of the molecule is CC(C)CC(C)(CN)NC(=O)c1cnc2n(c1=O)CCS2.Cl. The van der Waals surface area contributed by atoms with E-state index in [0.717, 1.165) is 12.2 Å². The number of nitrogens with two attached hydrogens (primary N) is 1. The highest BCUT2D eigenvalue weighted by molar-refractivity contribution is 7.99. The highest BCUT2D eigenvalue weighted by Gasteiger charge is 2.28. The summed E-state index contributed by atoms with van der Waals surface area (Å²) >= 11 is 1.53. The number of fused-ring (bicyclic) bond motifs is 1. The van der Waals surface area contributed by atoms with E-state index < -0.39 is 11.4 Å². The molecule has 6 nitrogen and oxygen atoms in total. The molecule has 1 atom stereocenters. The first-order valence-corrected chi connectivity index (χ1v) is 8.10. The molecule has 2 rings (SSSR count). The van der Waals surface area contributed by atoms with Crippen molar-refractivity contribution in [3.05, 3.63) is 22.1 Å². The van der Waals surface area contributed by atoms with Crippen molar-refractivity contribution in [3.8, 4) is 0 Å². The van der Waals surface area contributed by atoms with Crippen molar-refractivity contribution in [1.29, 1.82) is 0 Å². The maximum Gasteiger partial charge on any atom is 0.267 e. The van der Waals surface area contributed by atoms with Gasteiger partial charge in [0.05, 0.1) is 0 Å². The number of hydrogen-bond acceptors (Lipinski definition) is 5. The summed E-state index contributed by atoms with van der Waals surface area (Å²) in [5.41, 5.74) is 5.09. The summed E-state index contributed by atoms with van der Waals surface area (Å²) in [5, 5.41) is 3.58. The van der Waals surface area contributed by atoms with Crippen molar-refractivity contribution < 1.29 is 4.79 Å². The van der Waals surface area contributed by atoms with Crippen LogP contribution in [0, 0.1) is 5.92 Å². The Bertz CT molecular complexity index is 605. The van der Waals surface area contributed by atoms with E-state index >= 15 is 0 Å². The van der Waals surface area contributed by atoms with E-state index in [9.17, 15) is 9.59 Å². The van der Waals surface area contributed by atoms with Crippen LogP contribution in [0.3, 0.4) is 0 Å². The third-order valence-electron chi connectivity index (χ3n) is 3.53. The van der Waals surface area contributed by atoms with Gasteiger partial charge in [-0.3, -0.25) is 14.2 Å². The number of carbonyl (C=O) groups excluding carboxylic acids is 1. The molecule has 0 fully saturated rings. The first kappa shape index (κ1) is 19.0. The molecule has 2 heterocycles. The second-order valence-corrected chi connectivity index (χ2v) is 7.14. The van der Waals surface area contributed by atoms with Gasteiger partial charge in [0.25, 0.3) is 11.5 Å². The molecule has 22 heavy (non-hydrogen) atoms. The minimum absolute atomic E-state index is 0. The number of rotatable bonds is 5. The van der Waals surface area contributed by atoms with Crippen molar-refractivity contribution in [1.82, 2.24) is 14.9 Å². The number of thioether (sulfide) groups is 1. The van der Waals surface area contributed by atoms with Gasteiger partial charge >= 0.3 is 0 Å². The van der Waals surface area contributed by atoms with E-state index in [2.05, 4.69) is 24.1 Å². The molecule has 0 spiro atoms. The maximum absolute atomic E-state index is 12.4. The topological polar surface area (TPSA) is 90.0 Å². The monoisotopic (exact) mass is 346 g/mol. The predicted molar refractivity (Wildman–Crippen MR) is 90.8 cm³/mol. The summed E-state index contributed by atoms with van der Waals surface area (Å²) in [6, 6.07) is 0. The van der Waals surface area contributed by atoms with Crippen molar-refractivity contribution in [2.24, 2.45) is 11.7 Å². The fraction of sp³-hybridized carbons (Fsp3) is 0.643. The molecule has 1 amide bonds. The summed E-state index contributed by atoms with van der Waals surface area (Å²) in [6.45, 7) is 6.98. The average Bonchev–Trinajstić information content (AvgIpc) is 2.87. The van der Waals surface area contributed by atoms with Gasteiger partial charge in [0, 0.05) is 30.6 Å². The fourth-order valence-corrected chi connectivity index (χ4v) is 3.51. The zero-order valence-corrected chi connectivity index (χ0v) is 14.7. The number of nitrogens with one attached hydrogen (secondary N) is 1. The van der Waals surface area contributed by atoms with Crippen LogP contribution in [-0.4, -0.2) is 33.3 Å². The summed E-state index contributed by atoms with van der Waals surface area (Å²) in [6.07, 6.45) is 2.12. The second-order valence-electron chi connectivity index (χ2n) is 6.08. The largest absolute Gasteiger partial charge is 0.345 e. The lowest BCUT2D eigenvalue weighted by Crippen LogP contribution is -2.53. The van der Waals surface area contributed by atoms with Crippen LogP contribution in [0.15, 0.2) is 16.1 Å². The number of nitrogens with zero attached hydrogens (tertiary/aromatic N) is 2. The molecule has 124 valence electrons. The molecular formula is C14H23ClN4O2S. The van der Waals surface area contributed by atoms with Crippen LogP contribution in [-0.2, 0) is 6.54 Å². The van der Waals surface area contributed by atoms with E-state index in [1.807, 2.05) is 6.92 Å². The maximum atomic E-state index is 12.4. The van der Waals surface area contributed by atoms with Crippen LogP contribution >= 0.6 is 24.2 Å². The summed E-state index contributed by atoms with van der Waals surface area (Å²) in [5.74, 6) is 0.823. The van der Waals surface area contributed by atoms with Gasteiger partial charge in [-0.25, -0.2) is 4.98 Å². The molecule has 1 aromatic heterocycles. The Hall–Kier alpha value is -1.05. The number of hydrogen-bond donors (Lipinski definition) is 2. The van der Waals surface area contributed by atoms with Crippen molar-refractivity contribution in [2.75, 3.05) is 12.3 Å². The van der Waals surface area contributed by atoms with E-state index in [0.29, 0.717) is 24.2 Å². The normalized spacial score (nSPS) is 15.9. The Labute approximate surface area is 140 Å². The lowest BCUT2D eigenvalue weighted by molar-refractivity contribution is 0.0895. The van der Waals surface area contributed by atoms with Gasteiger partial charge in [-0.1, -0.05) is 25.6 Å². The van der Waals surface area contributed by atoms with E-state index in [1.165, 1.54) is 18.0 Å². The minimum atomic E-state index is -0.518. The zero-order chi connectivity index (χ0) is 15.6. The highest BCUT2D eigenvalue weighted by atomic mass is 35.5. The first-order valence-electron chi connectivity index (χ1n) is 7.11. The Balaban J connectivity index is 0.00000242. The van der Waals surface area contributed by atoms with Crippen LogP contribution in [0.4, 0.5) is 0 Å². The van der Waals surface area contributed by atoms with Crippen molar-refractivity contribution in [3.63, 3.8) is 0 Å². The second kappa shape index (κ2) is 7.48. The minimum Gasteiger partial charge on any atom is -0.345 e. The molecule has 1 aliphatic rings. The molecule has 0 aromatic carbocycles. The Morgan fingerprint density at radius 3 is 2.86 bits per heavy atom. The van der Waals surface area contributed by atoms with Gasteiger partial charge in [0.1, 0.15) is 5.56 Å². The predicted octanol–water partition coefficient (Wildman–Crippen LogP) is 1.26. The Kier molecular flexibility index (Phi) is 6.46. The number of amides is 1. The van der Waals surface area contributed by atoms with Crippen LogP contribution in [0.25, 0.3) is 0 Å². The van der Waals surface area contributed by atoms with Gasteiger partial charge in [-0.05, 0) is 19.3 Å². The average molecular weight is 347 g/mol. The van der Waals surface area contributed by atoms with Gasteiger partial charge < -0.3 is 11.1 Å². The molecule has 0 saturated heterocycles. The summed E-state index contributed by atoms with van der Waals surface area (Å²) < 4.78 is 1.56. The summed E-state index contributed by atoms with van der Waals surface area (Å²) in [4.78, 5) is 28.9. The molecule has 0 aliphatic carbocycles. The van der Waals surface area contributed by atoms with E-state index in [4.69, 9.17) is 5.73 Å². The van der Waals surface area contributed by atoms with Gasteiger partial charge in [-0.2, -0.15) is 0 Å². The standard InChI is InChI=1S/C14H22N4O2S.ClH/c1-9(2)6-14(3,8-15)17-11(19)10-7-16-13-18(12(10)20)4-5-21-13;/h7,9H,4-6,8,15H2,1-3H3,(H,17,19);1H. The number of halogens is 1. The number of carbonyl (C=O) groups is 1. The molecule has 0 bridgehead atoms. The van der Waals surface area contributed by atoms with Crippen LogP contribution in [0.1, 0.15) is 37.6 Å². The van der Waals surface area contributed by atoms with Crippen molar-refractivity contribution >= 4 is 30.1 Å². The van der Waals surface area contributed by atoms with Gasteiger partial charge in [0.15, 0.2) is 5.16 Å². The quantitative estimate of drug-likeness (QED) is 0.783. The molecule has 1 aromatic rings. The number of aromatic nitrogens is 2. The van der Waals surface area contributed by atoms with E-state index in [-0.39, 0.29) is 23.5 Å². The van der Waals surface area contributed by atoms with Crippen LogP contribution in [0.5, 0.6) is 0 Å². The fourth-order valence-electron chi connectivity index (χ4n) is 2.60. The highest BCUT2D eigenvalue weighted by Crippen LogP contribution is 2.21. The van der Waals surface area contributed by atoms with Crippen LogP contribution in [0.2, 0.25) is 0 Å². The smallest absolute Gasteiger partial charge is 0.267 e. The lowest BCUT2D eigenvalue weighted by Gasteiger charge is -2.31. The molecule has 3 N–H and O–H groups in total. The third-order valence-corrected chi connectivity index (χ3v) is 4.50. The molecule has 8 heteroatoms. The summed E-state index contributed by atoms with van der Waals surface area (Å²) in [7, 11) is 0. The molecule has 1 unspecified atom stereocenters. The van der Waals surface area contributed by atoms with Gasteiger partial charge in [-0.15, -0.1) is 12.4 Å². The third kappa shape index (κ3) is 4.02.